The van der Waals surface area contributed by atoms with Crippen molar-refractivity contribution in [2.45, 2.75) is 25.7 Å². The molecule has 18 heavy (non-hydrogen) atoms. The molecule has 1 aliphatic carbocycles. The molecule has 0 radical (unpaired) electrons. The van der Waals surface area contributed by atoms with E-state index in [0.717, 1.165) is 30.4 Å². The Bertz CT molecular complexity index is 577. The fourth-order valence-electron chi connectivity index (χ4n) is 2.18. The lowest BCUT2D eigenvalue weighted by Gasteiger charge is -2.14. The van der Waals surface area contributed by atoms with Crippen LogP contribution in [0, 0.1) is 0 Å². The van der Waals surface area contributed by atoms with Gasteiger partial charge in [-0.25, -0.2) is 9.59 Å². The summed E-state index contributed by atoms with van der Waals surface area (Å²) in [5.74, 6) is 0. The van der Waals surface area contributed by atoms with Gasteiger partial charge in [-0.15, -0.1) is 0 Å². The quantitative estimate of drug-likeness (QED) is 0.599. The summed E-state index contributed by atoms with van der Waals surface area (Å²) in [6.07, 6.45) is 9.44. The van der Waals surface area contributed by atoms with Crippen LogP contribution in [-0.4, -0.2) is 12.2 Å². The number of aliphatic imine (C=N–C) groups is 2. The average molecular weight is 240 g/mol. The molecule has 1 aromatic rings. The number of hydrogen-bond donors (Lipinski definition) is 0. The highest BCUT2D eigenvalue weighted by Gasteiger charge is 2.13. The van der Waals surface area contributed by atoms with Gasteiger partial charge in [0, 0.05) is 5.56 Å². The molecule has 0 aliphatic heterocycles. The number of para-hydroxylation sites is 1. The van der Waals surface area contributed by atoms with Gasteiger partial charge >= 0.3 is 0 Å². The molecule has 0 heterocycles. The SMILES string of the molecule is O=C=Nc1cccc(C2=CCCCC2)c1N=C=O. The Balaban J connectivity index is 2.58. The molecule has 0 atom stereocenters. The zero-order chi connectivity index (χ0) is 12.8. The van der Waals surface area contributed by atoms with E-state index in [0.29, 0.717) is 11.4 Å². The first-order valence-corrected chi connectivity index (χ1v) is 5.85. The van der Waals surface area contributed by atoms with Crippen LogP contribution < -0.4 is 0 Å². The lowest BCUT2D eigenvalue weighted by Crippen LogP contribution is -1.92. The number of rotatable bonds is 3. The molecule has 0 fully saturated rings. The first-order chi connectivity index (χ1) is 8.86. The molecule has 0 aromatic heterocycles. The Labute approximate surface area is 105 Å². The van der Waals surface area contributed by atoms with Crippen molar-refractivity contribution in [1.82, 2.24) is 0 Å². The van der Waals surface area contributed by atoms with Crippen molar-refractivity contribution in [3.8, 4) is 0 Å². The fraction of sp³-hybridized carbons (Fsp3) is 0.286. The second kappa shape index (κ2) is 5.87. The van der Waals surface area contributed by atoms with Crippen LogP contribution in [0.5, 0.6) is 0 Å². The summed E-state index contributed by atoms with van der Waals surface area (Å²) in [5, 5.41) is 0. The van der Waals surface area contributed by atoms with Crippen LogP contribution in [0.25, 0.3) is 5.57 Å². The third-order valence-corrected chi connectivity index (χ3v) is 2.98. The first-order valence-electron chi connectivity index (χ1n) is 5.85. The molecule has 4 nitrogen and oxygen atoms in total. The van der Waals surface area contributed by atoms with Gasteiger partial charge in [-0.3, -0.25) is 0 Å². The van der Waals surface area contributed by atoms with Gasteiger partial charge in [0.1, 0.15) is 11.4 Å². The molecule has 0 bridgehead atoms. The van der Waals surface area contributed by atoms with E-state index in [2.05, 4.69) is 16.1 Å². The first kappa shape index (κ1) is 12.2. The molecule has 90 valence electrons. The standard InChI is InChI=1S/C14H12N2O2/c17-9-15-13-8-4-7-12(14(13)16-10-18)11-5-2-1-3-6-11/h4-5,7-8H,1-3,6H2. The molecule has 0 unspecified atom stereocenters. The van der Waals surface area contributed by atoms with Crippen molar-refractivity contribution in [3.63, 3.8) is 0 Å². The van der Waals surface area contributed by atoms with E-state index in [1.165, 1.54) is 18.6 Å². The summed E-state index contributed by atoms with van der Waals surface area (Å²) >= 11 is 0. The summed E-state index contributed by atoms with van der Waals surface area (Å²) in [5.41, 5.74) is 2.77. The molecule has 0 N–H and O–H groups in total. The third kappa shape index (κ3) is 2.51. The van der Waals surface area contributed by atoms with Crippen LogP contribution in [-0.2, 0) is 9.59 Å². The summed E-state index contributed by atoms with van der Waals surface area (Å²) in [4.78, 5) is 28.1. The topological polar surface area (TPSA) is 58.9 Å². The number of nitrogens with zero attached hydrogens (tertiary/aromatic N) is 2. The van der Waals surface area contributed by atoms with Gasteiger partial charge in [0.05, 0.1) is 0 Å². The number of hydrogen-bond acceptors (Lipinski definition) is 4. The van der Waals surface area contributed by atoms with Gasteiger partial charge < -0.3 is 0 Å². The minimum atomic E-state index is 0.359. The van der Waals surface area contributed by atoms with Gasteiger partial charge in [0.15, 0.2) is 0 Å². The molecule has 1 aromatic carbocycles. The van der Waals surface area contributed by atoms with Crippen molar-refractivity contribution in [2.75, 3.05) is 0 Å². The summed E-state index contributed by atoms with van der Waals surface area (Å²) in [6.45, 7) is 0. The van der Waals surface area contributed by atoms with E-state index in [-0.39, 0.29) is 0 Å². The zero-order valence-electron chi connectivity index (χ0n) is 9.85. The summed E-state index contributed by atoms with van der Waals surface area (Å²) in [6, 6.07) is 5.32. The lowest BCUT2D eigenvalue weighted by atomic mass is 9.92. The van der Waals surface area contributed by atoms with Gasteiger partial charge in [-0.1, -0.05) is 18.2 Å². The molecular formula is C14H12N2O2. The second-order valence-corrected chi connectivity index (χ2v) is 4.05. The van der Waals surface area contributed by atoms with E-state index in [1.54, 1.807) is 12.1 Å². The molecule has 4 heteroatoms. The number of allylic oxidation sites excluding steroid dienone is 2. The summed E-state index contributed by atoms with van der Waals surface area (Å²) in [7, 11) is 0. The predicted octanol–water partition coefficient (Wildman–Crippen LogP) is 3.58. The summed E-state index contributed by atoms with van der Waals surface area (Å²) < 4.78 is 0. The highest BCUT2D eigenvalue weighted by molar-refractivity contribution is 5.83. The highest BCUT2D eigenvalue weighted by Crippen LogP contribution is 2.38. The van der Waals surface area contributed by atoms with Gasteiger partial charge in [-0.05, 0) is 37.3 Å². The Morgan fingerprint density at radius 1 is 1.06 bits per heavy atom. The second-order valence-electron chi connectivity index (χ2n) is 4.05. The maximum absolute atomic E-state index is 10.5. The molecule has 0 amide bonds. The molecular weight excluding hydrogens is 228 g/mol. The van der Waals surface area contributed by atoms with E-state index in [4.69, 9.17) is 0 Å². The maximum atomic E-state index is 10.5. The lowest BCUT2D eigenvalue weighted by molar-refractivity contribution is 0.564. The fourth-order valence-corrected chi connectivity index (χ4v) is 2.18. The van der Waals surface area contributed by atoms with Crippen molar-refractivity contribution in [3.05, 3.63) is 29.8 Å². The zero-order valence-corrected chi connectivity index (χ0v) is 9.85. The van der Waals surface area contributed by atoms with Gasteiger partial charge in [0.25, 0.3) is 0 Å². The van der Waals surface area contributed by atoms with Crippen molar-refractivity contribution in [1.29, 1.82) is 0 Å². The van der Waals surface area contributed by atoms with Crippen LogP contribution in [0.2, 0.25) is 0 Å². The third-order valence-electron chi connectivity index (χ3n) is 2.98. The van der Waals surface area contributed by atoms with E-state index in [9.17, 15) is 9.59 Å². The van der Waals surface area contributed by atoms with Gasteiger partial charge in [-0.2, -0.15) is 9.98 Å². The molecule has 1 aliphatic rings. The molecule has 0 saturated carbocycles. The Hall–Kier alpha value is -2.28. The Morgan fingerprint density at radius 3 is 2.56 bits per heavy atom. The van der Waals surface area contributed by atoms with E-state index >= 15 is 0 Å². The van der Waals surface area contributed by atoms with Crippen LogP contribution in [0.3, 0.4) is 0 Å². The smallest absolute Gasteiger partial charge is 0.211 e. The number of benzene rings is 1. The van der Waals surface area contributed by atoms with Crippen molar-refractivity contribution >= 4 is 29.1 Å². The molecule has 2 rings (SSSR count). The van der Waals surface area contributed by atoms with E-state index < -0.39 is 0 Å². The monoisotopic (exact) mass is 240 g/mol. The van der Waals surface area contributed by atoms with Crippen LogP contribution in [0.1, 0.15) is 31.2 Å². The molecule has 0 saturated heterocycles. The predicted molar refractivity (Wildman–Crippen MR) is 68.5 cm³/mol. The minimum Gasteiger partial charge on any atom is -0.211 e. The normalized spacial score (nSPS) is 14.1. The largest absolute Gasteiger partial charge is 0.240 e. The maximum Gasteiger partial charge on any atom is 0.240 e. The number of carbonyl (C=O) groups excluding carboxylic acids is 2. The minimum absolute atomic E-state index is 0.359. The Kier molecular flexibility index (Phi) is 3.98. The van der Waals surface area contributed by atoms with Crippen LogP contribution in [0.15, 0.2) is 34.3 Å². The van der Waals surface area contributed by atoms with Crippen LogP contribution >= 0.6 is 0 Å². The molecule has 0 spiro atoms. The average Bonchev–Trinajstić information content (AvgIpc) is 2.42. The Morgan fingerprint density at radius 2 is 1.89 bits per heavy atom. The van der Waals surface area contributed by atoms with Gasteiger partial charge in [0.2, 0.25) is 12.2 Å². The number of isocyanates is 2. The highest BCUT2D eigenvalue weighted by atomic mass is 16.1. The van der Waals surface area contributed by atoms with Crippen LogP contribution in [0.4, 0.5) is 11.4 Å². The van der Waals surface area contributed by atoms with E-state index in [1.807, 2.05) is 6.07 Å². The van der Waals surface area contributed by atoms with Crippen molar-refractivity contribution in [2.24, 2.45) is 9.98 Å². The van der Waals surface area contributed by atoms with Crippen molar-refractivity contribution < 1.29 is 9.59 Å².